The molecule has 2 fully saturated rings. The number of amides is 2. The molecule has 0 bridgehead atoms. The van der Waals surface area contributed by atoms with Crippen molar-refractivity contribution < 1.29 is 38.1 Å². The van der Waals surface area contributed by atoms with E-state index >= 15 is 0 Å². The molecule has 40 heavy (non-hydrogen) atoms. The van der Waals surface area contributed by atoms with Gasteiger partial charge < -0.3 is 29.6 Å². The van der Waals surface area contributed by atoms with E-state index in [1.54, 1.807) is 12.2 Å². The average Bonchev–Trinajstić information content (AvgIpc) is 3.44. The van der Waals surface area contributed by atoms with E-state index in [2.05, 4.69) is 34.5 Å². The number of hydrogen-bond acceptors (Lipinski definition) is 10. The van der Waals surface area contributed by atoms with Gasteiger partial charge in [-0.05, 0) is 48.3 Å². The third kappa shape index (κ3) is 11.8. The Hall–Kier alpha value is -2.78. The zero-order chi connectivity index (χ0) is 29.8. The highest BCUT2D eigenvalue weighted by Gasteiger charge is 2.51. The molecule has 6 unspecified atom stereocenters. The summed E-state index contributed by atoms with van der Waals surface area (Å²) in [6.07, 6.45) is 3.10. The molecule has 2 heterocycles. The van der Waals surface area contributed by atoms with Crippen LogP contribution in [0.1, 0.15) is 67.2 Å². The maximum atomic E-state index is 12.3. The van der Waals surface area contributed by atoms with E-state index < -0.39 is 36.6 Å². The van der Waals surface area contributed by atoms with Gasteiger partial charge in [0.1, 0.15) is 12.2 Å². The molecule has 2 aliphatic heterocycles. The van der Waals surface area contributed by atoms with Crippen LogP contribution in [0.5, 0.6) is 0 Å². The maximum Gasteiger partial charge on any atom is 0.407 e. The van der Waals surface area contributed by atoms with Crippen LogP contribution in [0.15, 0.2) is 9.98 Å². The number of aliphatic imine (C=N–C) groups is 2. The summed E-state index contributed by atoms with van der Waals surface area (Å²) in [5.74, 6) is 0.633. The molecule has 12 heteroatoms. The van der Waals surface area contributed by atoms with E-state index in [-0.39, 0.29) is 24.0 Å². The van der Waals surface area contributed by atoms with Crippen molar-refractivity contribution in [1.29, 1.82) is 0 Å². The fourth-order valence-electron chi connectivity index (χ4n) is 5.54. The molecule has 12 nitrogen and oxygen atoms in total. The van der Waals surface area contributed by atoms with Crippen LogP contribution in [0.2, 0.25) is 0 Å². The Morgan fingerprint density at radius 2 is 1.18 bits per heavy atom. The standard InChI is InChI=1S/C28H46N4O8/c1-19(11-27(3,4)15-29-17-33)7-9-31-25(35)39-21-13-37-24-22(14-38-23(21)24)40-26(36)32-10-8-20(2)12-28(5,6)16-30-18-34/h19-24H,7-16H2,1-6H3,(H,31,35)(H,32,36). The highest BCUT2D eigenvalue weighted by molar-refractivity contribution is 5.68. The number of carbonyl (C=O) groups excluding carboxylic acids is 4. The second-order valence-electron chi connectivity index (χ2n) is 12.7. The first-order chi connectivity index (χ1) is 18.9. The molecule has 0 aromatic carbocycles. The monoisotopic (exact) mass is 566 g/mol. The average molecular weight is 567 g/mol. The summed E-state index contributed by atoms with van der Waals surface area (Å²) in [6.45, 7) is 14.4. The second kappa shape index (κ2) is 15.9. The number of isocyanates is 2. The highest BCUT2D eigenvalue weighted by atomic mass is 16.7. The van der Waals surface area contributed by atoms with Gasteiger partial charge in [0.25, 0.3) is 0 Å². The first-order valence-corrected chi connectivity index (χ1v) is 14.1. The Kier molecular flexibility index (Phi) is 13.3. The summed E-state index contributed by atoms with van der Waals surface area (Å²) in [4.78, 5) is 52.8. The van der Waals surface area contributed by atoms with Gasteiger partial charge in [-0.3, -0.25) is 0 Å². The lowest BCUT2D eigenvalue weighted by Gasteiger charge is -2.25. The number of ether oxygens (including phenoxy) is 4. The van der Waals surface area contributed by atoms with Crippen molar-refractivity contribution in [2.75, 3.05) is 39.4 Å². The first kappa shape index (κ1) is 33.4. The first-order valence-electron chi connectivity index (χ1n) is 14.1. The summed E-state index contributed by atoms with van der Waals surface area (Å²) in [7, 11) is 0. The molecule has 0 aliphatic carbocycles. The lowest BCUT2D eigenvalue weighted by Crippen LogP contribution is -2.39. The van der Waals surface area contributed by atoms with Crippen LogP contribution < -0.4 is 10.6 Å². The number of fused-ring (bicyclic) bond motifs is 1. The lowest BCUT2D eigenvalue weighted by molar-refractivity contribution is -0.0119. The Balaban J connectivity index is 1.66. The van der Waals surface area contributed by atoms with Crippen molar-refractivity contribution in [2.24, 2.45) is 32.7 Å². The zero-order valence-corrected chi connectivity index (χ0v) is 24.7. The zero-order valence-electron chi connectivity index (χ0n) is 24.7. The van der Waals surface area contributed by atoms with Crippen molar-refractivity contribution in [3.8, 4) is 0 Å². The molecule has 2 rings (SSSR count). The van der Waals surface area contributed by atoms with E-state index in [4.69, 9.17) is 18.9 Å². The smallest absolute Gasteiger partial charge is 0.407 e. The van der Waals surface area contributed by atoms with Crippen LogP contribution in [0.3, 0.4) is 0 Å². The Morgan fingerprint density at radius 3 is 1.52 bits per heavy atom. The third-order valence-electron chi connectivity index (χ3n) is 7.24. The number of alkyl carbamates (subject to hydrolysis) is 2. The Bertz CT molecular complexity index is 855. The van der Waals surface area contributed by atoms with Gasteiger partial charge in [0.2, 0.25) is 12.2 Å². The molecular formula is C28H46N4O8. The van der Waals surface area contributed by atoms with Crippen LogP contribution in [-0.4, -0.2) is 88.2 Å². The minimum Gasteiger partial charge on any atom is -0.441 e. The molecule has 226 valence electrons. The summed E-state index contributed by atoms with van der Waals surface area (Å²) >= 11 is 0. The second-order valence-corrected chi connectivity index (χ2v) is 12.7. The molecule has 0 radical (unpaired) electrons. The van der Waals surface area contributed by atoms with Gasteiger partial charge in [-0.1, -0.05) is 41.5 Å². The molecule has 6 atom stereocenters. The quantitative estimate of drug-likeness (QED) is 0.212. The van der Waals surface area contributed by atoms with Crippen LogP contribution in [0.4, 0.5) is 9.59 Å². The van der Waals surface area contributed by atoms with E-state index in [0.717, 1.165) is 25.7 Å². The lowest BCUT2D eigenvalue weighted by atomic mass is 9.82. The van der Waals surface area contributed by atoms with Crippen LogP contribution in [-0.2, 0) is 28.5 Å². The van der Waals surface area contributed by atoms with Gasteiger partial charge in [-0.2, -0.15) is 0 Å². The van der Waals surface area contributed by atoms with Gasteiger partial charge in [-0.25, -0.2) is 29.2 Å². The van der Waals surface area contributed by atoms with Crippen molar-refractivity contribution >= 4 is 24.3 Å². The van der Waals surface area contributed by atoms with Gasteiger partial charge in [0.05, 0.1) is 26.3 Å². The predicted octanol–water partition coefficient (Wildman–Crippen LogP) is 3.53. The Morgan fingerprint density at radius 1 is 0.800 bits per heavy atom. The normalized spacial score (nSPS) is 23.6. The molecule has 0 saturated carbocycles. The summed E-state index contributed by atoms with van der Waals surface area (Å²) in [6, 6.07) is 0. The van der Waals surface area contributed by atoms with Crippen molar-refractivity contribution in [3.63, 3.8) is 0 Å². The maximum absolute atomic E-state index is 12.3. The number of nitrogens with zero attached hydrogens (tertiary/aromatic N) is 2. The number of rotatable bonds is 16. The molecular weight excluding hydrogens is 520 g/mol. The topological polar surface area (TPSA) is 154 Å². The predicted molar refractivity (Wildman–Crippen MR) is 146 cm³/mol. The van der Waals surface area contributed by atoms with Crippen LogP contribution >= 0.6 is 0 Å². The molecule has 0 aromatic heterocycles. The Labute approximate surface area is 237 Å². The van der Waals surface area contributed by atoms with Crippen LogP contribution in [0, 0.1) is 22.7 Å². The van der Waals surface area contributed by atoms with Crippen LogP contribution in [0.25, 0.3) is 0 Å². The largest absolute Gasteiger partial charge is 0.441 e. The fraction of sp³-hybridized carbons (Fsp3) is 0.857. The molecule has 2 saturated heterocycles. The van der Waals surface area contributed by atoms with E-state index in [0.29, 0.717) is 38.0 Å². The van der Waals surface area contributed by atoms with Crippen molar-refractivity contribution in [1.82, 2.24) is 10.6 Å². The molecule has 2 N–H and O–H groups in total. The van der Waals surface area contributed by atoms with Crippen molar-refractivity contribution in [2.45, 2.75) is 91.6 Å². The van der Waals surface area contributed by atoms with Crippen molar-refractivity contribution in [3.05, 3.63) is 0 Å². The minimum atomic E-state index is -0.591. The fourth-order valence-corrected chi connectivity index (χ4v) is 5.54. The van der Waals surface area contributed by atoms with Gasteiger partial charge >= 0.3 is 12.2 Å². The summed E-state index contributed by atoms with van der Waals surface area (Å²) in [5, 5.41) is 5.55. The molecule has 0 aromatic rings. The van der Waals surface area contributed by atoms with Gasteiger partial charge in [-0.15, -0.1) is 0 Å². The molecule has 0 spiro atoms. The molecule has 2 aliphatic rings. The van der Waals surface area contributed by atoms with Gasteiger partial charge in [0, 0.05) is 13.1 Å². The van der Waals surface area contributed by atoms with E-state index in [1.165, 1.54) is 0 Å². The number of nitrogens with one attached hydrogen (secondary N) is 2. The summed E-state index contributed by atoms with van der Waals surface area (Å²) < 4.78 is 22.6. The van der Waals surface area contributed by atoms with E-state index in [9.17, 15) is 19.2 Å². The number of carbonyl (C=O) groups is 2. The summed E-state index contributed by atoms with van der Waals surface area (Å²) in [5.41, 5.74) is -0.237. The minimum absolute atomic E-state index is 0.118. The van der Waals surface area contributed by atoms with E-state index in [1.807, 2.05) is 27.7 Å². The third-order valence-corrected chi connectivity index (χ3v) is 7.24. The molecule has 2 amide bonds. The van der Waals surface area contributed by atoms with Gasteiger partial charge in [0.15, 0.2) is 12.2 Å². The highest BCUT2D eigenvalue weighted by Crippen LogP contribution is 2.31. The SMILES string of the molecule is CC(CCNC(=O)OC1COC2C(OC(=O)NCCC(C)CC(C)(C)CN=C=O)COC12)CC(C)(C)CN=C=O. The number of hydrogen-bond donors (Lipinski definition) is 2.